The van der Waals surface area contributed by atoms with Crippen molar-refractivity contribution in [1.29, 1.82) is 0 Å². The highest BCUT2D eigenvalue weighted by atomic mass is 35.5. The number of likely N-dealkylation sites (tertiary alicyclic amines) is 1. The molecular weight excluding hydrogens is 318 g/mol. The lowest BCUT2D eigenvalue weighted by Crippen LogP contribution is -2.37. The fraction of sp³-hybridized carbons (Fsp3) is 0.400. The molecule has 0 radical (unpaired) electrons. The molecule has 0 spiro atoms. The highest BCUT2D eigenvalue weighted by Gasteiger charge is 2.22. The predicted octanol–water partition coefficient (Wildman–Crippen LogP) is 2.55. The summed E-state index contributed by atoms with van der Waals surface area (Å²) < 4.78 is 6.73. The normalized spacial score (nSPS) is 14.7. The van der Waals surface area contributed by atoms with E-state index in [4.69, 9.17) is 22.1 Å². The maximum Gasteiger partial charge on any atom is 0.416 e. The second-order valence-electron chi connectivity index (χ2n) is 5.44. The van der Waals surface area contributed by atoms with E-state index in [0.717, 1.165) is 24.8 Å². The molecule has 1 aromatic heterocycles. The molecule has 3 rings (SSSR count). The van der Waals surface area contributed by atoms with Gasteiger partial charge in [0.05, 0.1) is 6.54 Å². The zero-order valence-corrected chi connectivity index (χ0v) is 13.4. The number of halogens is 1. The molecule has 0 unspecified atom stereocenters. The lowest BCUT2D eigenvalue weighted by Gasteiger charge is -2.25. The number of nitrogens with two attached hydrogens (primary N) is 1. The molecule has 1 amide bonds. The van der Waals surface area contributed by atoms with Crippen molar-refractivity contribution in [3.05, 3.63) is 34.9 Å². The van der Waals surface area contributed by atoms with Gasteiger partial charge < -0.3 is 15.4 Å². The molecule has 8 heteroatoms. The SMILES string of the molecule is Nc1c(OC(=O)N2CCCCC2)nnn1Cc1ccccc1Cl. The van der Waals surface area contributed by atoms with Gasteiger partial charge in [-0.1, -0.05) is 40.1 Å². The Kier molecular flexibility index (Phi) is 4.66. The number of anilines is 1. The van der Waals surface area contributed by atoms with Crippen molar-refractivity contribution in [2.45, 2.75) is 25.8 Å². The number of hydrogen-bond acceptors (Lipinski definition) is 5. The summed E-state index contributed by atoms with van der Waals surface area (Å²) in [6.45, 7) is 1.76. The lowest BCUT2D eigenvalue weighted by molar-refractivity contribution is 0.141. The monoisotopic (exact) mass is 335 g/mol. The molecule has 0 atom stereocenters. The Morgan fingerprint density at radius 1 is 1.26 bits per heavy atom. The van der Waals surface area contributed by atoms with Crippen LogP contribution in [0.1, 0.15) is 24.8 Å². The number of carbonyl (C=O) groups excluding carboxylic acids is 1. The summed E-state index contributed by atoms with van der Waals surface area (Å²) in [5, 5.41) is 8.41. The molecule has 2 N–H and O–H groups in total. The van der Waals surface area contributed by atoms with Crippen LogP contribution in [0.2, 0.25) is 5.02 Å². The molecule has 0 aliphatic carbocycles. The van der Waals surface area contributed by atoms with Crippen LogP contribution in [0.5, 0.6) is 5.88 Å². The van der Waals surface area contributed by atoms with Crippen LogP contribution >= 0.6 is 11.6 Å². The first-order valence-electron chi connectivity index (χ1n) is 7.54. The third kappa shape index (κ3) is 3.56. The third-order valence-corrected chi connectivity index (χ3v) is 4.19. The van der Waals surface area contributed by atoms with E-state index >= 15 is 0 Å². The van der Waals surface area contributed by atoms with Gasteiger partial charge in [0.2, 0.25) is 0 Å². The van der Waals surface area contributed by atoms with E-state index in [0.29, 0.717) is 24.7 Å². The first kappa shape index (κ1) is 15.6. The second-order valence-corrected chi connectivity index (χ2v) is 5.85. The van der Waals surface area contributed by atoms with Gasteiger partial charge in [-0.3, -0.25) is 0 Å². The van der Waals surface area contributed by atoms with Crippen LogP contribution < -0.4 is 10.5 Å². The highest BCUT2D eigenvalue weighted by molar-refractivity contribution is 6.31. The molecule has 1 fully saturated rings. The number of carbonyl (C=O) groups is 1. The van der Waals surface area contributed by atoms with Gasteiger partial charge in [0.25, 0.3) is 5.88 Å². The van der Waals surface area contributed by atoms with Gasteiger partial charge >= 0.3 is 6.09 Å². The number of aromatic nitrogens is 3. The summed E-state index contributed by atoms with van der Waals surface area (Å²) in [6, 6.07) is 7.40. The van der Waals surface area contributed by atoms with E-state index in [-0.39, 0.29) is 11.7 Å². The number of hydrogen-bond donors (Lipinski definition) is 1. The van der Waals surface area contributed by atoms with Crippen molar-refractivity contribution in [3.63, 3.8) is 0 Å². The van der Waals surface area contributed by atoms with Gasteiger partial charge in [0.15, 0.2) is 5.82 Å². The van der Waals surface area contributed by atoms with Crippen molar-refractivity contribution in [2.24, 2.45) is 0 Å². The molecule has 122 valence electrons. The number of piperidine rings is 1. The maximum absolute atomic E-state index is 12.1. The van der Waals surface area contributed by atoms with Crippen molar-refractivity contribution >= 4 is 23.5 Å². The zero-order valence-electron chi connectivity index (χ0n) is 12.6. The lowest BCUT2D eigenvalue weighted by atomic mass is 10.1. The first-order valence-corrected chi connectivity index (χ1v) is 7.92. The topological polar surface area (TPSA) is 86.3 Å². The second kappa shape index (κ2) is 6.87. The molecule has 1 aliphatic rings. The van der Waals surface area contributed by atoms with Crippen molar-refractivity contribution in [2.75, 3.05) is 18.8 Å². The minimum atomic E-state index is -0.429. The molecule has 0 bridgehead atoms. The quantitative estimate of drug-likeness (QED) is 0.931. The molecular formula is C15H18ClN5O2. The van der Waals surface area contributed by atoms with Gasteiger partial charge in [-0.25, -0.2) is 9.48 Å². The summed E-state index contributed by atoms with van der Waals surface area (Å²) in [5.41, 5.74) is 6.84. The number of amides is 1. The minimum Gasteiger partial charge on any atom is -0.385 e. The summed E-state index contributed by atoms with van der Waals surface area (Å²) in [5.74, 6) is 0.239. The summed E-state index contributed by atoms with van der Waals surface area (Å²) >= 11 is 6.12. The fourth-order valence-electron chi connectivity index (χ4n) is 2.51. The number of nitrogens with zero attached hydrogens (tertiary/aromatic N) is 4. The predicted molar refractivity (Wildman–Crippen MR) is 86.4 cm³/mol. The van der Waals surface area contributed by atoms with Crippen LogP contribution in [0.15, 0.2) is 24.3 Å². The highest BCUT2D eigenvalue weighted by Crippen LogP contribution is 2.22. The smallest absolute Gasteiger partial charge is 0.385 e. The summed E-state index contributed by atoms with van der Waals surface area (Å²) in [6.07, 6.45) is 2.69. The van der Waals surface area contributed by atoms with E-state index in [1.165, 1.54) is 4.68 Å². The average molecular weight is 336 g/mol. The van der Waals surface area contributed by atoms with Gasteiger partial charge in [0.1, 0.15) is 0 Å². The largest absolute Gasteiger partial charge is 0.416 e. The molecule has 1 aliphatic heterocycles. The molecule has 0 saturated carbocycles. The van der Waals surface area contributed by atoms with E-state index in [2.05, 4.69) is 10.3 Å². The third-order valence-electron chi connectivity index (χ3n) is 3.82. The Bertz CT molecular complexity index is 697. The number of benzene rings is 1. The summed E-state index contributed by atoms with van der Waals surface area (Å²) in [4.78, 5) is 13.8. The fourth-order valence-corrected chi connectivity index (χ4v) is 2.70. The molecule has 7 nitrogen and oxygen atoms in total. The molecule has 2 aromatic rings. The van der Waals surface area contributed by atoms with Crippen LogP contribution in [0.3, 0.4) is 0 Å². The van der Waals surface area contributed by atoms with Gasteiger partial charge in [-0.2, -0.15) is 0 Å². The summed E-state index contributed by atoms with van der Waals surface area (Å²) in [7, 11) is 0. The van der Waals surface area contributed by atoms with Gasteiger partial charge in [-0.15, -0.1) is 0 Å². The van der Waals surface area contributed by atoms with Gasteiger partial charge in [0, 0.05) is 18.1 Å². The van der Waals surface area contributed by atoms with E-state index in [1.54, 1.807) is 11.0 Å². The van der Waals surface area contributed by atoms with Crippen LogP contribution in [0.25, 0.3) is 0 Å². The van der Waals surface area contributed by atoms with Crippen molar-refractivity contribution in [1.82, 2.24) is 19.9 Å². The van der Waals surface area contributed by atoms with E-state index in [9.17, 15) is 4.79 Å². The van der Waals surface area contributed by atoms with E-state index < -0.39 is 6.09 Å². The van der Waals surface area contributed by atoms with Crippen LogP contribution in [-0.2, 0) is 6.54 Å². The Balaban J connectivity index is 1.69. The number of ether oxygens (including phenoxy) is 1. The Morgan fingerprint density at radius 3 is 2.74 bits per heavy atom. The van der Waals surface area contributed by atoms with Crippen LogP contribution in [0.4, 0.5) is 10.6 Å². The molecule has 1 saturated heterocycles. The maximum atomic E-state index is 12.1. The molecule has 2 heterocycles. The zero-order chi connectivity index (χ0) is 16.2. The standard InChI is InChI=1S/C15H18ClN5O2/c16-12-7-3-2-6-11(12)10-21-13(17)14(18-19-21)23-15(22)20-8-4-1-5-9-20/h2-3,6-7H,1,4-5,8-10,17H2. The van der Waals surface area contributed by atoms with E-state index in [1.807, 2.05) is 18.2 Å². The van der Waals surface area contributed by atoms with Crippen molar-refractivity contribution in [3.8, 4) is 5.88 Å². The Hall–Kier alpha value is -2.28. The van der Waals surface area contributed by atoms with Crippen molar-refractivity contribution < 1.29 is 9.53 Å². The first-order chi connectivity index (χ1) is 11.1. The minimum absolute atomic E-state index is 0.0348. The average Bonchev–Trinajstić information content (AvgIpc) is 2.91. The Labute approximate surface area is 139 Å². The number of rotatable bonds is 3. The molecule has 1 aromatic carbocycles. The van der Waals surface area contributed by atoms with Crippen LogP contribution in [0, 0.1) is 0 Å². The number of nitrogen functional groups attached to an aromatic ring is 1. The Morgan fingerprint density at radius 2 is 2.00 bits per heavy atom. The van der Waals surface area contributed by atoms with Crippen LogP contribution in [-0.4, -0.2) is 39.1 Å². The molecule has 23 heavy (non-hydrogen) atoms. The van der Waals surface area contributed by atoms with Gasteiger partial charge in [-0.05, 0) is 30.9 Å².